The summed E-state index contributed by atoms with van der Waals surface area (Å²) in [7, 11) is -3.53. The zero-order valence-corrected chi connectivity index (χ0v) is 13.7. The molecular formula is C14H21N3O4S. The summed E-state index contributed by atoms with van der Waals surface area (Å²) in [5, 5.41) is 2.67. The largest absolute Gasteiger partial charge is 0.366 e. The number of amides is 2. The number of sulfonamides is 1. The molecular weight excluding hydrogens is 306 g/mol. The van der Waals surface area contributed by atoms with Gasteiger partial charge in [0.2, 0.25) is 15.9 Å². The fourth-order valence-corrected chi connectivity index (χ4v) is 2.92. The van der Waals surface area contributed by atoms with Gasteiger partial charge in [-0.25, -0.2) is 8.42 Å². The first-order valence-corrected chi connectivity index (χ1v) is 8.56. The van der Waals surface area contributed by atoms with Crippen LogP contribution >= 0.6 is 0 Å². The lowest BCUT2D eigenvalue weighted by molar-refractivity contribution is 0.0943. The molecule has 7 nitrogen and oxygen atoms in total. The molecule has 4 N–H and O–H groups in total. The molecule has 8 heteroatoms. The van der Waals surface area contributed by atoms with E-state index in [4.69, 9.17) is 5.73 Å². The van der Waals surface area contributed by atoms with Crippen molar-refractivity contribution in [3.05, 3.63) is 29.3 Å². The first-order chi connectivity index (χ1) is 10.1. The Bertz CT molecular complexity index is 669. The van der Waals surface area contributed by atoms with Gasteiger partial charge in [-0.3, -0.25) is 14.3 Å². The molecule has 0 aromatic heterocycles. The molecule has 1 aromatic rings. The number of carbonyl (C=O) groups excluding carboxylic acids is 2. The molecule has 22 heavy (non-hydrogen) atoms. The first-order valence-electron chi connectivity index (χ1n) is 6.91. The van der Waals surface area contributed by atoms with Crippen molar-refractivity contribution in [3.63, 3.8) is 0 Å². The molecule has 0 heterocycles. The van der Waals surface area contributed by atoms with Crippen molar-refractivity contribution in [2.24, 2.45) is 5.73 Å². The van der Waals surface area contributed by atoms with Crippen LogP contribution in [-0.2, 0) is 10.0 Å². The maximum Gasteiger partial charge on any atom is 0.251 e. The van der Waals surface area contributed by atoms with E-state index in [-0.39, 0.29) is 28.6 Å². The van der Waals surface area contributed by atoms with Crippen LogP contribution in [0.2, 0.25) is 0 Å². The summed E-state index contributed by atoms with van der Waals surface area (Å²) in [5.41, 5.74) is 5.59. The highest BCUT2D eigenvalue weighted by molar-refractivity contribution is 7.92. The summed E-state index contributed by atoms with van der Waals surface area (Å²) in [4.78, 5) is 23.4. The van der Waals surface area contributed by atoms with Crippen molar-refractivity contribution in [1.82, 2.24) is 5.32 Å². The van der Waals surface area contributed by atoms with E-state index in [0.717, 1.165) is 0 Å². The Hall–Kier alpha value is -2.09. The lowest BCUT2D eigenvalue weighted by Crippen LogP contribution is -2.30. The van der Waals surface area contributed by atoms with Crippen molar-refractivity contribution in [2.75, 3.05) is 10.5 Å². The van der Waals surface area contributed by atoms with Gasteiger partial charge in [-0.1, -0.05) is 6.92 Å². The molecule has 0 bridgehead atoms. The number of rotatable bonds is 7. The van der Waals surface area contributed by atoms with E-state index in [1.807, 2.05) is 0 Å². The van der Waals surface area contributed by atoms with Crippen LogP contribution < -0.4 is 15.8 Å². The number of primary amides is 1. The molecule has 1 aromatic carbocycles. The zero-order chi connectivity index (χ0) is 16.9. The second-order valence-corrected chi connectivity index (χ2v) is 7.05. The minimum absolute atomic E-state index is 0.0542. The highest BCUT2D eigenvalue weighted by Gasteiger charge is 2.15. The number of nitrogens with two attached hydrogens (primary N) is 1. The first kappa shape index (κ1) is 18.0. The number of carbonyl (C=O) groups is 2. The standard InChI is InChI=1S/C14H21N3O4S/c1-4-5-22(20,21)17-12-7-10(13(15)18)6-11(8-12)14(19)16-9(2)3/h6-9,17H,4-5H2,1-3H3,(H2,15,18)(H,16,19). The second-order valence-electron chi connectivity index (χ2n) is 5.21. The Balaban J connectivity index is 3.20. The SMILES string of the molecule is CCCS(=O)(=O)Nc1cc(C(N)=O)cc(C(=O)NC(C)C)c1. The quantitative estimate of drug-likeness (QED) is 0.694. The van der Waals surface area contributed by atoms with Gasteiger partial charge in [0.15, 0.2) is 0 Å². The Morgan fingerprint density at radius 3 is 2.27 bits per heavy atom. The Labute approximate surface area is 130 Å². The second kappa shape index (κ2) is 7.26. The molecule has 0 atom stereocenters. The molecule has 0 radical (unpaired) electrons. The minimum Gasteiger partial charge on any atom is -0.366 e. The van der Waals surface area contributed by atoms with Gasteiger partial charge in [0, 0.05) is 17.2 Å². The molecule has 122 valence electrons. The molecule has 0 unspecified atom stereocenters. The monoisotopic (exact) mass is 327 g/mol. The highest BCUT2D eigenvalue weighted by Crippen LogP contribution is 2.17. The van der Waals surface area contributed by atoms with Crippen LogP contribution in [0.5, 0.6) is 0 Å². The zero-order valence-electron chi connectivity index (χ0n) is 12.8. The Kier molecular flexibility index (Phi) is 5.92. The highest BCUT2D eigenvalue weighted by atomic mass is 32.2. The van der Waals surface area contributed by atoms with Gasteiger partial charge in [0.1, 0.15) is 0 Å². The normalized spacial score (nSPS) is 11.3. The minimum atomic E-state index is -3.53. The molecule has 0 saturated carbocycles. The Morgan fingerprint density at radius 1 is 1.18 bits per heavy atom. The fourth-order valence-electron chi connectivity index (χ4n) is 1.80. The van der Waals surface area contributed by atoms with E-state index in [2.05, 4.69) is 10.0 Å². The van der Waals surface area contributed by atoms with Gasteiger partial charge >= 0.3 is 0 Å². The molecule has 0 aliphatic carbocycles. The van der Waals surface area contributed by atoms with Crippen molar-refractivity contribution in [1.29, 1.82) is 0 Å². The number of hydrogen-bond acceptors (Lipinski definition) is 4. The van der Waals surface area contributed by atoms with Gasteiger partial charge in [0.05, 0.1) is 11.4 Å². The van der Waals surface area contributed by atoms with Crippen LogP contribution in [0.3, 0.4) is 0 Å². The fraction of sp³-hybridized carbons (Fsp3) is 0.429. The smallest absolute Gasteiger partial charge is 0.251 e. The third-order valence-corrected chi connectivity index (χ3v) is 4.14. The lowest BCUT2D eigenvalue weighted by atomic mass is 10.1. The van der Waals surface area contributed by atoms with Gasteiger partial charge < -0.3 is 11.1 Å². The van der Waals surface area contributed by atoms with E-state index >= 15 is 0 Å². The van der Waals surface area contributed by atoms with Crippen molar-refractivity contribution < 1.29 is 18.0 Å². The van der Waals surface area contributed by atoms with Gasteiger partial charge in [-0.05, 0) is 38.5 Å². The summed E-state index contributed by atoms with van der Waals surface area (Å²) >= 11 is 0. The summed E-state index contributed by atoms with van der Waals surface area (Å²) in [6.45, 7) is 5.32. The van der Waals surface area contributed by atoms with Crippen LogP contribution in [0.15, 0.2) is 18.2 Å². The number of hydrogen-bond donors (Lipinski definition) is 3. The third-order valence-electron chi connectivity index (χ3n) is 2.65. The topological polar surface area (TPSA) is 118 Å². The van der Waals surface area contributed by atoms with E-state index in [1.165, 1.54) is 18.2 Å². The van der Waals surface area contributed by atoms with E-state index in [1.54, 1.807) is 20.8 Å². The predicted octanol–water partition coefficient (Wildman–Crippen LogP) is 1.08. The van der Waals surface area contributed by atoms with Crippen LogP contribution in [-0.4, -0.2) is 32.0 Å². The van der Waals surface area contributed by atoms with Gasteiger partial charge in [-0.2, -0.15) is 0 Å². The molecule has 1 rings (SSSR count). The molecule has 0 aliphatic rings. The van der Waals surface area contributed by atoms with Crippen molar-refractivity contribution in [3.8, 4) is 0 Å². The van der Waals surface area contributed by atoms with Crippen LogP contribution in [0.4, 0.5) is 5.69 Å². The number of anilines is 1. The van der Waals surface area contributed by atoms with E-state index < -0.39 is 21.8 Å². The average molecular weight is 327 g/mol. The van der Waals surface area contributed by atoms with Crippen LogP contribution in [0.1, 0.15) is 47.9 Å². The summed E-state index contributed by atoms with van der Waals surface area (Å²) in [6.07, 6.45) is 0.450. The molecule has 0 spiro atoms. The summed E-state index contributed by atoms with van der Waals surface area (Å²) in [5.74, 6) is -1.20. The molecule has 2 amide bonds. The Morgan fingerprint density at radius 2 is 1.77 bits per heavy atom. The predicted molar refractivity (Wildman–Crippen MR) is 85.3 cm³/mol. The van der Waals surface area contributed by atoms with Gasteiger partial charge in [0.25, 0.3) is 5.91 Å². The van der Waals surface area contributed by atoms with E-state index in [9.17, 15) is 18.0 Å². The van der Waals surface area contributed by atoms with Gasteiger partial charge in [-0.15, -0.1) is 0 Å². The maximum absolute atomic E-state index is 12.0. The summed E-state index contributed by atoms with van der Waals surface area (Å²) in [6, 6.07) is 3.92. The molecule has 0 fully saturated rings. The van der Waals surface area contributed by atoms with E-state index in [0.29, 0.717) is 6.42 Å². The van der Waals surface area contributed by atoms with Crippen LogP contribution in [0.25, 0.3) is 0 Å². The third kappa shape index (κ3) is 5.36. The molecule has 0 saturated heterocycles. The number of benzene rings is 1. The van der Waals surface area contributed by atoms with Crippen LogP contribution in [0, 0.1) is 0 Å². The number of nitrogens with one attached hydrogen (secondary N) is 2. The maximum atomic E-state index is 12.0. The molecule has 0 aliphatic heterocycles. The van der Waals surface area contributed by atoms with Crippen molar-refractivity contribution >= 4 is 27.5 Å². The lowest BCUT2D eigenvalue weighted by Gasteiger charge is -2.12. The summed E-state index contributed by atoms with van der Waals surface area (Å²) < 4.78 is 26.0. The average Bonchev–Trinajstić information content (AvgIpc) is 2.36. The van der Waals surface area contributed by atoms with Crippen molar-refractivity contribution in [2.45, 2.75) is 33.2 Å².